The molecule has 0 bridgehead atoms. The highest BCUT2D eigenvalue weighted by atomic mass is 35.5. The number of halogens is 2. The highest BCUT2D eigenvalue weighted by molar-refractivity contribution is 6.45. The molecule has 1 aromatic rings. The summed E-state index contributed by atoms with van der Waals surface area (Å²) in [5.41, 5.74) is 0.590. The highest BCUT2D eigenvalue weighted by Crippen LogP contribution is 2.36. The first-order chi connectivity index (χ1) is 11.2. The van der Waals surface area contributed by atoms with Crippen molar-refractivity contribution >= 4 is 40.9 Å². The fourth-order valence-corrected chi connectivity index (χ4v) is 2.15. The molecule has 0 radical (unpaired) electrons. The number of hydrogen-bond acceptors (Lipinski definition) is 4. The molecule has 8 heteroatoms. The van der Waals surface area contributed by atoms with Gasteiger partial charge in [-0.2, -0.15) is 0 Å². The van der Waals surface area contributed by atoms with Crippen LogP contribution < -0.4 is 10.1 Å². The number of amides is 1. The molecule has 0 fully saturated rings. The van der Waals surface area contributed by atoms with Gasteiger partial charge in [-0.1, -0.05) is 36.7 Å². The molecular formula is C16H17Cl2NO5. The predicted octanol–water partition coefficient (Wildman–Crippen LogP) is 3.11. The lowest BCUT2D eigenvalue weighted by atomic mass is 10.0. The molecule has 130 valence electrons. The Kier molecular flexibility index (Phi) is 7.25. The molecule has 1 aromatic carbocycles. The Bertz CT molecular complexity index is 687. The van der Waals surface area contributed by atoms with Gasteiger partial charge in [-0.05, 0) is 31.1 Å². The second-order valence-corrected chi connectivity index (χ2v) is 5.65. The molecular weight excluding hydrogens is 357 g/mol. The number of hydrogen-bond donors (Lipinski definition) is 2. The minimum atomic E-state index is -1.17. The van der Waals surface area contributed by atoms with E-state index in [4.69, 9.17) is 33.0 Å². The van der Waals surface area contributed by atoms with Gasteiger partial charge >= 0.3 is 5.97 Å². The molecule has 0 aliphatic carbocycles. The van der Waals surface area contributed by atoms with Crippen molar-refractivity contribution in [2.45, 2.75) is 26.4 Å². The van der Waals surface area contributed by atoms with Crippen molar-refractivity contribution < 1.29 is 24.2 Å². The number of aliphatic carboxylic acids is 1. The van der Waals surface area contributed by atoms with Gasteiger partial charge in [0.2, 0.25) is 0 Å². The average Bonchev–Trinajstić information content (AvgIpc) is 2.55. The lowest BCUT2D eigenvalue weighted by Crippen LogP contribution is -2.39. The van der Waals surface area contributed by atoms with Crippen LogP contribution in [0, 0.1) is 0 Å². The molecule has 1 unspecified atom stereocenters. The van der Waals surface area contributed by atoms with Crippen LogP contribution in [-0.4, -0.2) is 35.4 Å². The molecule has 6 nitrogen and oxygen atoms in total. The Morgan fingerprint density at radius 1 is 1.29 bits per heavy atom. The quantitative estimate of drug-likeness (QED) is 0.539. The summed E-state index contributed by atoms with van der Waals surface area (Å²) < 4.78 is 5.39. The second kappa shape index (κ2) is 8.70. The summed E-state index contributed by atoms with van der Waals surface area (Å²) in [5, 5.41) is 10.7. The number of allylic oxidation sites excluding steroid dienone is 1. The predicted molar refractivity (Wildman–Crippen MR) is 91.0 cm³/mol. The number of carbonyl (C=O) groups is 3. The van der Waals surface area contributed by atoms with Crippen molar-refractivity contribution in [2.24, 2.45) is 0 Å². The van der Waals surface area contributed by atoms with Gasteiger partial charge in [0.05, 0.1) is 5.02 Å². The molecule has 0 spiro atoms. The van der Waals surface area contributed by atoms with Crippen LogP contribution in [0.5, 0.6) is 5.75 Å². The molecule has 0 aromatic heterocycles. The topological polar surface area (TPSA) is 92.7 Å². The van der Waals surface area contributed by atoms with E-state index in [1.54, 1.807) is 6.92 Å². The molecule has 2 N–H and O–H groups in total. The first kappa shape index (κ1) is 20.0. The van der Waals surface area contributed by atoms with Crippen molar-refractivity contribution in [1.29, 1.82) is 0 Å². The number of rotatable bonds is 8. The van der Waals surface area contributed by atoms with Crippen LogP contribution in [-0.2, 0) is 9.59 Å². The summed E-state index contributed by atoms with van der Waals surface area (Å²) in [6, 6.07) is 2.86. The van der Waals surface area contributed by atoms with Gasteiger partial charge in [0, 0.05) is 5.56 Å². The third-order valence-corrected chi connectivity index (χ3v) is 3.99. The Hall–Kier alpha value is -2.05. The van der Waals surface area contributed by atoms with E-state index in [0.717, 1.165) is 0 Å². The molecule has 0 saturated heterocycles. The van der Waals surface area contributed by atoms with E-state index < -0.39 is 24.5 Å². The second-order valence-electron chi connectivity index (χ2n) is 4.90. The fraction of sp³-hybridized carbons (Fsp3) is 0.312. The van der Waals surface area contributed by atoms with Gasteiger partial charge in [-0.3, -0.25) is 14.4 Å². The number of benzene rings is 1. The summed E-state index contributed by atoms with van der Waals surface area (Å²) in [5.74, 6) is -2.00. The molecule has 0 heterocycles. The van der Waals surface area contributed by atoms with E-state index >= 15 is 0 Å². The summed E-state index contributed by atoms with van der Waals surface area (Å²) in [6.07, 6.45) is -0.517. The van der Waals surface area contributed by atoms with E-state index in [9.17, 15) is 14.4 Å². The third-order valence-electron chi connectivity index (χ3n) is 3.13. The zero-order chi connectivity index (χ0) is 18.4. The number of nitrogens with one attached hydrogen (secondary N) is 1. The molecule has 0 aliphatic heterocycles. The van der Waals surface area contributed by atoms with E-state index in [1.807, 2.05) is 0 Å². The molecule has 1 rings (SSSR count). The maximum Gasteiger partial charge on any atom is 0.322 e. The SMILES string of the molecule is C=C(CC)C(=O)c1ccc(OC(C)C(=O)NCC(=O)O)c(Cl)c1Cl. The van der Waals surface area contributed by atoms with Crippen LogP contribution in [0.15, 0.2) is 24.3 Å². The molecule has 0 saturated carbocycles. The van der Waals surface area contributed by atoms with E-state index in [2.05, 4.69) is 11.9 Å². The maximum atomic E-state index is 12.1. The lowest BCUT2D eigenvalue weighted by molar-refractivity contribution is -0.139. The number of carboxylic acids is 1. The van der Waals surface area contributed by atoms with E-state index in [-0.39, 0.29) is 27.1 Å². The number of carbonyl (C=O) groups excluding carboxylic acids is 2. The summed E-state index contributed by atoms with van der Waals surface area (Å²) in [4.78, 5) is 34.3. The van der Waals surface area contributed by atoms with Crippen LogP contribution in [0.1, 0.15) is 30.6 Å². The zero-order valence-corrected chi connectivity index (χ0v) is 14.7. The zero-order valence-electron chi connectivity index (χ0n) is 13.2. The fourth-order valence-electron chi connectivity index (χ4n) is 1.70. The van der Waals surface area contributed by atoms with Gasteiger partial charge in [0.25, 0.3) is 5.91 Å². The van der Waals surface area contributed by atoms with Crippen molar-refractivity contribution in [2.75, 3.05) is 6.54 Å². The van der Waals surface area contributed by atoms with E-state index in [0.29, 0.717) is 12.0 Å². The van der Waals surface area contributed by atoms with Crippen LogP contribution in [0.2, 0.25) is 10.0 Å². The van der Waals surface area contributed by atoms with Crippen LogP contribution >= 0.6 is 23.2 Å². The number of Topliss-reactive ketones (excluding diaryl/α,β-unsaturated/α-hetero) is 1. The van der Waals surface area contributed by atoms with Crippen LogP contribution in [0.3, 0.4) is 0 Å². The van der Waals surface area contributed by atoms with Crippen molar-refractivity contribution in [1.82, 2.24) is 5.32 Å². The Balaban J connectivity index is 2.93. The summed E-state index contributed by atoms with van der Waals surface area (Å²) >= 11 is 12.2. The number of ketones is 1. The summed E-state index contributed by atoms with van der Waals surface area (Å²) in [7, 11) is 0. The van der Waals surface area contributed by atoms with Gasteiger partial charge < -0.3 is 15.2 Å². The monoisotopic (exact) mass is 373 g/mol. The minimum absolute atomic E-state index is 0.00640. The van der Waals surface area contributed by atoms with E-state index in [1.165, 1.54) is 19.1 Å². The van der Waals surface area contributed by atoms with Gasteiger partial charge in [0.15, 0.2) is 11.9 Å². The van der Waals surface area contributed by atoms with Gasteiger partial charge in [0.1, 0.15) is 17.3 Å². The summed E-state index contributed by atoms with van der Waals surface area (Å²) in [6.45, 7) is 6.37. The highest BCUT2D eigenvalue weighted by Gasteiger charge is 2.21. The minimum Gasteiger partial charge on any atom is -0.480 e. The van der Waals surface area contributed by atoms with Gasteiger partial charge in [-0.25, -0.2) is 0 Å². The Morgan fingerprint density at radius 3 is 2.46 bits per heavy atom. The standard InChI is InChI=1S/C16H17Cl2NO5/c1-4-8(2)15(22)10-5-6-11(14(18)13(10)17)24-9(3)16(23)19-7-12(20)21/h5-6,9H,2,4,7H2,1,3H3,(H,19,23)(H,20,21). The van der Waals surface area contributed by atoms with Gasteiger partial charge in [-0.15, -0.1) is 0 Å². The number of carboxylic acid groups (broad SMARTS) is 1. The maximum absolute atomic E-state index is 12.1. The van der Waals surface area contributed by atoms with Crippen LogP contribution in [0.25, 0.3) is 0 Å². The van der Waals surface area contributed by atoms with Crippen molar-refractivity contribution in [3.63, 3.8) is 0 Å². The average molecular weight is 374 g/mol. The van der Waals surface area contributed by atoms with Crippen molar-refractivity contribution in [3.8, 4) is 5.75 Å². The first-order valence-corrected chi connectivity index (χ1v) is 7.81. The molecule has 24 heavy (non-hydrogen) atoms. The lowest BCUT2D eigenvalue weighted by Gasteiger charge is -2.16. The Labute approximate surface area is 149 Å². The van der Waals surface area contributed by atoms with Crippen LogP contribution in [0.4, 0.5) is 0 Å². The normalized spacial score (nSPS) is 11.5. The Morgan fingerprint density at radius 2 is 1.92 bits per heavy atom. The van der Waals surface area contributed by atoms with Crippen molar-refractivity contribution in [3.05, 3.63) is 39.9 Å². The smallest absolute Gasteiger partial charge is 0.322 e. The largest absolute Gasteiger partial charge is 0.480 e. The molecule has 1 atom stereocenters. The molecule has 1 amide bonds. The number of ether oxygens (including phenoxy) is 1. The first-order valence-electron chi connectivity index (χ1n) is 7.05. The third kappa shape index (κ3) is 4.97. The molecule has 0 aliphatic rings.